The lowest BCUT2D eigenvalue weighted by molar-refractivity contribution is 0.112. The summed E-state index contributed by atoms with van der Waals surface area (Å²) in [6.45, 7) is 1.95. The highest BCUT2D eigenvalue weighted by Gasteiger charge is 2.08. The first-order chi connectivity index (χ1) is 6.22. The van der Waals surface area contributed by atoms with E-state index in [0.29, 0.717) is 10.0 Å². The molecule has 0 fully saturated rings. The fourth-order valence-corrected chi connectivity index (χ4v) is 2.30. The van der Waals surface area contributed by atoms with Gasteiger partial charge in [-0.1, -0.05) is 17.7 Å². The molecule has 0 N–H and O–H groups in total. The molecule has 66 valence electrons. The molecule has 0 unspecified atom stereocenters. The monoisotopic (exact) mass is 211 g/mol. The van der Waals surface area contributed by atoms with Crippen molar-refractivity contribution >= 4 is 39.4 Å². The first-order valence-electron chi connectivity index (χ1n) is 3.73. The Morgan fingerprint density at radius 3 is 2.92 bits per heavy atom. The third kappa shape index (κ3) is 1.34. The fourth-order valence-electron chi connectivity index (χ4n) is 1.17. The van der Waals surface area contributed by atoms with Gasteiger partial charge in [-0.2, -0.15) is 0 Å². The number of hydrogen-bond donors (Lipinski definition) is 0. The molecule has 0 aliphatic rings. The van der Waals surface area contributed by atoms with Crippen molar-refractivity contribution in [2.24, 2.45) is 0 Å². The molecular formula is C9H6ClNOS. The molecule has 0 aliphatic carbocycles. The third-order valence-electron chi connectivity index (χ3n) is 1.81. The molecule has 1 aromatic heterocycles. The van der Waals surface area contributed by atoms with Crippen molar-refractivity contribution in [3.05, 3.63) is 27.7 Å². The van der Waals surface area contributed by atoms with E-state index in [1.54, 1.807) is 0 Å². The van der Waals surface area contributed by atoms with Gasteiger partial charge in [0.05, 0.1) is 15.2 Å². The Morgan fingerprint density at radius 1 is 1.54 bits per heavy atom. The minimum absolute atomic E-state index is 0.478. The van der Waals surface area contributed by atoms with Crippen LogP contribution in [-0.2, 0) is 0 Å². The quantitative estimate of drug-likeness (QED) is 0.679. The molecule has 13 heavy (non-hydrogen) atoms. The molecule has 0 saturated carbocycles. The van der Waals surface area contributed by atoms with Crippen LogP contribution in [0.25, 0.3) is 10.2 Å². The molecular weight excluding hydrogens is 206 g/mol. The molecule has 0 spiro atoms. The summed E-state index contributed by atoms with van der Waals surface area (Å²) in [5.41, 5.74) is 1.88. The van der Waals surface area contributed by atoms with Crippen LogP contribution in [0.4, 0.5) is 0 Å². The zero-order chi connectivity index (χ0) is 9.42. The second-order valence-electron chi connectivity index (χ2n) is 2.71. The van der Waals surface area contributed by atoms with Crippen LogP contribution in [0.5, 0.6) is 0 Å². The Kier molecular flexibility index (Phi) is 2.06. The van der Waals surface area contributed by atoms with Gasteiger partial charge < -0.3 is 0 Å². The number of aldehydes is 1. The van der Waals surface area contributed by atoms with Crippen LogP contribution in [0.1, 0.15) is 15.4 Å². The first-order valence-corrected chi connectivity index (χ1v) is 4.92. The maximum atomic E-state index is 10.5. The van der Waals surface area contributed by atoms with E-state index in [4.69, 9.17) is 11.6 Å². The van der Waals surface area contributed by atoms with E-state index in [-0.39, 0.29) is 0 Å². The van der Waals surface area contributed by atoms with Gasteiger partial charge in [-0.3, -0.25) is 4.79 Å². The zero-order valence-electron chi connectivity index (χ0n) is 6.87. The molecule has 2 nitrogen and oxygen atoms in total. The van der Waals surface area contributed by atoms with Crippen LogP contribution >= 0.6 is 22.9 Å². The van der Waals surface area contributed by atoms with E-state index in [1.165, 1.54) is 11.3 Å². The number of aryl methyl sites for hydroxylation is 1. The Bertz CT molecular complexity index is 439. The van der Waals surface area contributed by atoms with Crippen LogP contribution in [0, 0.1) is 6.92 Å². The smallest absolute Gasteiger partial charge is 0.178 e. The first kappa shape index (κ1) is 8.66. The normalized spacial score (nSPS) is 10.6. The highest BCUT2D eigenvalue weighted by Crippen LogP contribution is 2.30. The number of benzene rings is 1. The maximum absolute atomic E-state index is 10.5. The molecule has 1 aromatic carbocycles. The lowest BCUT2D eigenvalue weighted by Gasteiger charge is -1.94. The summed E-state index contributed by atoms with van der Waals surface area (Å²) in [5, 5.41) is 1.14. The summed E-state index contributed by atoms with van der Waals surface area (Å²) in [6.07, 6.45) is 0.750. The summed E-state index contributed by atoms with van der Waals surface area (Å²) < 4.78 is 0.892. The van der Waals surface area contributed by atoms with E-state index in [0.717, 1.165) is 22.1 Å². The predicted molar refractivity (Wildman–Crippen MR) is 54.8 cm³/mol. The fraction of sp³-hybridized carbons (Fsp3) is 0.111. The number of thiazole rings is 1. The van der Waals surface area contributed by atoms with E-state index in [9.17, 15) is 4.79 Å². The number of nitrogens with zero attached hydrogens (tertiary/aromatic N) is 1. The maximum Gasteiger partial charge on any atom is 0.178 e. The van der Waals surface area contributed by atoms with E-state index in [1.807, 2.05) is 19.1 Å². The average molecular weight is 212 g/mol. The Hall–Kier alpha value is -0.930. The van der Waals surface area contributed by atoms with Crippen molar-refractivity contribution in [2.45, 2.75) is 6.92 Å². The SMILES string of the molecule is Cc1ccc(Cl)c2sc(C=O)nc12. The molecule has 0 saturated heterocycles. The van der Waals surface area contributed by atoms with Gasteiger partial charge in [-0.25, -0.2) is 4.98 Å². The molecule has 4 heteroatoms. The van der Waals surface area contributed by atoms with E-state index >= 15 is 0 Å². The van der Waals surface area contributed by atoms with Crippen LogP contribution in [0.3, 0.4) is 0 Å². The van der Waals surface area contributed by atoms with Crippen molar-refractivity contribution in [2.75, 3.05) is 0 Å². The highest BCUT2D eigenvalue weighted by atomic mass is 35.5. The minimum Gasteiger partial charge on any atom is -0.295 e. The Morgan fingerprint density at radius 2 is 2.31 bits per heavy atom. The van der Waals surface area contributed by atoms with Gasteiger partial charge in [-0.15, -0.1) is 11.3 Å². The lowest BCUT2D eigenvalue weighted by Crippen LogP contribution is -1.78. The van der Waals surface area contributed by atoms with E-state index < -0.39 is 0 Å². The molecule has 0 radical (unpaired) electrons. The average Bonchev–Trinajstić information content (AvgIpc) is 2.56. The van der Waals surface area contributed by atoms with Gasteiger partial charge in [0.15, 0.2) is 11.3 Å². The predicted octanol–water partition coefficient (Wildman–Crippen LogP) is 3.07. The number of halogens is 1. The number of rotatable bonds is 1. The van der Waals surface area contributed by atoms with Crippen molar-refractivity contribution in [1.82, 2.24) is 4.98 Å². The van der Waals surface area contributed by atoms with Crippen LogP contribution in [0.2, 0.25) is 5.02 Å². The van der Waals surface area contributed by atoms with Crippen LogP contribution in [-0.4, -0.2) is 11.3 Å². The van der Waals surface area contributed by atoms with Crippen molar-refractivity contribution < 1.29 is 4.79 Å². The van der Waals surface area contributed by atoms with Crippen molar-refractivity contribution in [3.8, 4) is 0 Å². The number of carbonyl (C=O) groups excluding carboxylic acids is 1. The number of fused-ring (bicyclic) bond motifs is 1. The molecule has 0 aliphatic heterocycles. The molecule has 1 heterocycles. The largest absolute Gasteiger partial charge is 0.295 e. The summed E-state index contributed by atoms with van der Waals surface area (Å²) in [4.78, 5) is 14.7. The Balaban J connectivity index is 2.87. The number of aromatic nitrogens is 1. The third-order valence-corrected chi connectivity index (χ3v) is 3.26. The standard InChI is InChI=1S/C9H6ClNOS/c1-5-2-3-6(10)9-8(5)11-7(4-12)13-9/h2-4H,1H3. The van der Waals surface area contributed by atoms with Gasteiger partial charge in [0.25, 0.3) is 0 Å². The molecule has 2 aromatic rings. The second kappa shape index (κ2) is 3.09. The van der Waals surface area contributed by atoms with Gasteiger partial charge in [0.2, 0.25) is 0 Å². The summed E-state index contributed by atoms with van der Waals surface area (Å²) >= 11 is 7.28. The topological polar surface area (TPSA) is 30.0 Å². The highest BCUT2D eigenvalue weighted by molar-refractivity contribution is 7.20. The van der Waals surface area contributed by atoms with Gasteiger partial charge in [0.1, 0.15) is 0 Å². The van der Waals surface area contributed by atoms with Gasteiger partial charge in [-0.05, 0) is 18.6 Å². The molecule has 2 rings (SSSR count). The molecule has 0 atom stereocenters. The van der Waals surface area contributed by atoms with Gasteiger partial charge >= 0.3 is 0 Å². The zero-order valence-corrected chi connectivity index (χ0v) is 8.45. The molecule has 0 bridgehead atoms. The summed E-state index contributed by atoms with van der Waals surface area (Å²) in [6, 6.07) is 3.73. The van der Waals surface area contributed by atoms with Crippen LogP contribution < -0.4 is 0 Å². The number of carbonyl (C=O) groups is 1. The van der Waals surface area contributed by atoms with Gasteiger partial charge in [0, 0.05) is 0 Å². The second-order valence-corrected chi connectivity index (χ2v) is 4.15. The summed E-state index contributed by atoms with van der Waals surface area (Å²) in [5.74, 6) is 0. The van der Waals surface area contributed by atoms with Crippen LogP contribution in [0.15, 0.2) is 12.1 Å². The number of hydrogen-bond acceptors (Lipinski definition) is 3. The summed E-state index contributed by atoms with van der Waals surface area (Å²) in [7, 11) is 0. The van der Waals surface area contributed by atoms with Crippen molar-refractivity contribution in [3.63, 3.8) is 0 Å². The lowest BCUT2D eigenvalue weighted by atomic mass is 10.2. The van der Waals surface area contributed by atoms with E-state index in [2.05, 4.69) is 4.98 Å². The molecule has 0 amide bonds. The van der Waals surface area contributed by atoms with Crippen molar-refractivity contribution in [1.29, 1.82) is 0 Å². The Labute approximate surface area is 84.2 Å². The minimum atomic E-state index is 0.478.